The van der Waals surface area contributed by atoms with Crippen molar-refractivity contribution < 1.29 is 4.79 Å². The van der Waals surface area contributed by atoms with Crippen LogP contribution in [-0.2, 0) is 10.2 Å². The molecule has 5 fully saturated rings. The van der Waals surface area contributed by atoms with Gasteiger partial charge < -0.3 is 4.57 Å². The van der Waals surface area contributed by atoms with Crippen molar-refractivity contribution >= 4 is 28.9 Å². The van der Waals surface area contributed by atoms with Crippen LogP contribution in [0.15, 0.2) is 40.2 Å². The van der Waals surface area contributed by atoms with Gasteiger partial charge >= 0.3 is 0 Å². The van der Waals surface area contributed by atoms with Gasteiger partial charge in [-0.3, -0.25) is 14.7 Å². The number of carbonyl (C=O) groups is 1. The minimum absolute atomic E-state index is 0.0188. The number of amidine groups is 1. The smallest absolute Gasteiger partial charge is 0.266 e. The normalized spacial score (nSPS) is 33.2. The number of aryl methyl sites for hydroxylation is 1. The molecule has 4 bridgehead atoms. The summed E-state index contributed by atoms with van der Waals surface area (Å²) in [5.74, 6) is 2.92. The van der Waals surface area contributed by atoms with Crippen LogP contribution in [0, 0.1) is 31.6 Å². The third-order valence-corrected chi connectivity index (χ3v) is 9.88. The SMILES string of the molecule is CN=C1S/C(=C\c2cc(C)n(-c3ccc(C45CC6CC(CC(C6)C4)C5)cc3)c2C)C(=O)N1C. The van der Waals surface area contributed by atoms with Gasteiger partial charge in [0.2, 0.25) is 0 Å². The summed E-state index contributed by atoms with van der Waals surface area (Å²) < 4.78 is 2.32. The predicted octanol–water partition coefficient (Wildman–Crippen LogP) is 6.09. The number of thioether (sulfide) groups is 1. The molecule has 5 aliphatic rings. The van der Waals surface area contributed by atoms with E-state index in [2.05, 4.69) is 53.7 Å². The molecule has 4 aliphatic carbocycles. The van der Waals surface area contributed by atoms with Crippen LogP contribution in [0.25, 0.3) is 11.8 Å². The molecule has 0 N–H and O–H groups in total. The van der Waals surface area contributed by atoms with E-state index >= 15 is 0 Å². The second-order valence-electron chi connectivity index (χ2n) is 10.9. The van der Waals surface area contributed by atoms with Crippen LogP contribution in [0.2, 0.25) is 0 Å². The first kappa shape index (κ1) is 21.3. The fourth-order valence-electron chi connectivity index (χ4n) is 7.65. The molecule has 2 heterocycles. The van der Waals surface area contributed by atoms with Gasteiger partial charge in [-0.25, -0.2) is 0 Å². The molecule has 1 aliphatic heterocycles. The molecule has 2 aromatic rings. The molecule has 0 atom stereocenters. The average molecular weight is 460 g/mol. The van der Waals surface area contributed by atoms with E-state index in [4.69, 9.17) is 0 Å². The standard InChI is InChI=1S/C28H33N3OS/c1-17-9-22(13-25-26(32)30(4)27(29-3)33-25)18(2)31(17)24-7-5-23(6-8-24)28-14-19-10-20(15-28)12-21(11-19)16-28/h5-9,13,19-21H,10-12,14-16H2,1-4H3/b25-13-,29-27?. The number of aliphatic imine (C=N–C) groups is 1. The van der Waals surface area contributed by atoms with E-state index < -0.39 is 0 Å². The quantitative estimate of drug-likeness (QED) is 0.521. The summed E-state index contributed by atoms with van der Waals surface area (Å²) in [6.45, 7) is 4.30. The highest BCUT2D eigenvalue weighted by Gasteiger charge is 2.51. The molecule has 4 nitrogen and oxygen atoms in total. The number of hydrogen-bond acceptors (Lipinski definition) is 3. The highest BCUT2D eigenvalue weighted by molar-refractivity contribution is 8.18. The number of amides is 1. The number of hydrogen-bond donors (Lipinski definition) is 0. The summed E-state index contributed by atoms with van der Waals surface area (Å²) in [5, 5.41) is 0.750. The Morgan fingerprint density at radius 3 is 2.18 bits per heavy atom. The number of carbonyl (C=O) groups excluding carboxylic acids is 1. The van der Waals surface area contributed by atoms with E-state index in [1.54, 1.807) is 24.6 Å². The molecule has 172 valence electrons. The van der Waals surface area contributed by atoms with Crippen molar-refractivity contribution in [3.05, 3.63) is 57.8 Å². The van der Waals surface area contributed by atoms with E-state index in [9.17, 15) is 4.79 Å². The highest BCUT2D eigenvalue weighted by Crippen LogP contribution is 2.60. The average Bonchev–Trinajstić information content (AvgIpc) is 3.22. The number of aromatic nitrogens is 1. The second-order valence-corrected chi connectivity index (χ2v) is 11.9. The Hall–Kier alpha value is -2.27. The van der Waals surface area contributed by atoms with Crippen molar-refractivity contribution in [1.29, 1.82) is 0 Å². The van der Waals surface area contributed by atoms with Crippen molar-refractivity contribution in [2.24, 2.45) is 22.7 Å². The zero-order valence-corrected chi connectivity index (χ0v) is 20.9. The lowest BCUT2D eigenvalue weighted by molar-refractivity contribution is -0.121. The first-order valence-corrected chi connectivity index (χ1v) is 13.1. The van der Waals surface area contributed by atoms with Gasteiger partial charge in [-0.2, -0.15) is 0 Å². The van der Waals surface area contributed by atoms with E-state index in [1.165, 1.54) is 67.4 Å². The molecule has 0 spiro atoms. The Kier molecular flexibility index (Phi) is 4.92. The van der Waals surface area contributed by atoms with Crippen LogP contribution >= 0.6 is 11.8 Å². The van der Waals surface area contributed by atoms with E-state index in [1.807, 2.05) is 6.08 Å². The van der Waals surface area contributed by atoms with Crippen LogP contribution < -0.4 is 0 Å². The van der Waals surface area contributed by atoms with Crippen molar-refractivity contribution in [2.45, 2.75) is 57.8 Å². The second kappa shape index (κ2) is 7.63. The summed E-state index contributed by atoms with van der Waals surface area (Å²) in [6.07, 6.45) is 10.7. The van der Waals surface area contributed by atoms with Gasteiger partial charge in [-0.05, 0) is 123 Å². The molecular weight excluding hydrogens is 426 g/mol. The summed E-state index contributed by atoms with van der Waals surface area (Å²) in [7, 11) is 3.52. The largest absolute Gasteiger partial charge is 0.318 e. The first-order chi connectivity index (χ1) is 15.9. The molecule has 1 amide bonds. The molecular formula is C28H33N3OS. The van der Waals surface area contributed by atoms with Crippen LogP contribution in [-0.4, -0.2) is 34.6 Å². The Labute approximate surface area is 201 Å². The fraction of sp³-hybridized carbons (Fsp3) is 0.500. The van der Waals surface area contributed by atoms with Crippen molar-refractivity contribution in [1.82, 2.24) is 9.47 Å². The third kappa shape index (κ3) is 3.34. The van der Waals surface area contributed by atoms with Crippen molar-refractivity contribution in [3.63, 3.8) is 0 Å². The van der Waals surface area contributed by atoms with Crippen molar-refractivity contribution in [3.8, 4) is 5.69 Å². The van der Waals surface area contributed by atoms with E-state index in [0.717, 1.165) is 33.4 Å². The fourth-order valence-corrected chi connectivity index (χ4v) is 8.57. The Morgan fingerprint density at radius 1 is 1.03 bits per heavy atom. The van der Waals surface area contributed by atoms with Gasteiger partial charge in [-0.15, -0.1) is 0 Å². The Morgan fingerprint density at radius 2 is 1.64 bits per heavy atom. The number of likely N-dealkylation sites (N-methyl/N-ethyl adjacent to an activating group) is 1. The minimum atomic E-state index is 0.0188. The van der Waals surface area contributed by atoms with E-state index in [-0.39, 0.29) is 5.91 Å². The maximum absolute atomic E-state index is 12.6. The number of rotatable bonds is 3. The van der Waals surface area contributed by atoms with Crippen LogP contribution in [0.1, 0.15) is 61.0 Å². The zero-order chi connectivity index (χ0) is 22.9. The van der Waals surface area contributed by atoms with Gasteiger partial charge in [0.1, 0.15) is 0 Å². The van der Waals surface area contributed by atoms with Gasteiger partial charge in [-0.1, -0.05) is 12.1 Å². The monoisotopic (exact) mass is 459 g/mol. The highest BCUT2D eigenvalue weighted by atomic mass is 32.2. The number of nitrogens with zero attached hydrogens (tertiary/aromatic N) is 3. The maximum Gasteiger partial charge on any atom is 0.266 e. The molecule has 5 heteroatoms. The van der Waals surface area contributed by atoms with Crippen LogP contribution in [0.4, 0.5) is 0 Å². The molecule has 7 rings (SSSR count). The molecule has 0 radical (unpaired) electrons. The van der Waals surface area contributed by atoms with E-state index in [0.29, 0.717) is 5.41 Å². The molecule has 4 saturated carbocycles. The lowest BCUT2D eigenvalue weighted by atomic mass is 9.48. The maximum atomic E-state index is 12.6. The van der Waals surface area contributed by atoms with Gasteiger partial charge in [0, 0.05) is 31.2 Å². The Balaban J connectivity index is 1.30. The lowest BCUT2D eigenvalue weighted by Gasteiger charge is -2.57. The summed E-state index contributed by atoms with van der Waals surface area (Å²) in [6, 6.07) is 11.6. The summed E-state index contributed by atoms with van der Waals surface area (Å²) in [5.41, 5.74) is 6.67. The molecule has 33 heavy (non-hydrogen) atoms. The minimum Gasteiger partial charge on any atom is -0.318 e. The lowest BCUT2D eigenvalue weighted by Crippen LogP contribution is -2.48. The van der Waals surface area contributed by atoms with Gasteiger partial charge in [0.15, 0.2) is 5.17 Å². The molecule has 0 unspecified atom stereocenters. The Bertz CT molecular complexity index is 1150. The van der Waals surface area contributed by atoms with Gasteiger partial charge in [0.25, 0.3) is 5.91 Å². The van der Waals surface area contributed by atoms with Gasteiger partial charge in [0.05, 0.1) is 4.91 Å². The predicted molar refractivity (Wildman–Crippen MR) is 137 cm³/mol. The zero-order valence-electron chi connectivity index (χ0n) is 20.1. The first-order valence-electron chi connectivity index (χ1n) is 12.3. The third-order valence-electron chi connectivity index (χ3n) is 8.73. The number of benzene rings is 1. The van der Waals surface area contributed by atoms with Crippen LogP contribution in [0.5, 0.6) is 0 Å². The molecule has 1 saturated heterocycles. The topological polar surface area (TPSA) is 37.6 Å². The van der Waals surface area contributed by atoms with Crippen molar-refractivity contribution in [2.75, 3.05) is 14.1 Å². The summed E-state index contributed by atoms with van der Waals surface area (Å²) in [4.78, 5) is 19.2. The summed E-state index contributed by atoms with van der Waals surface area (Å²) >= 11 is 1.45. The molecule has 1 aromatic heterocycles. The van der Waals surface area contributed by atoms with Crippen LogP contribution in [0.3, 0.4) is 0 Å². The molecule has 1 aromatic carbocycles.